The smallest absolute Gasteiger partial charge is 0.242 e. The molecular formula is C14H14Cl2N2O2S. The van der Waals surface area contributed by atoms with Gasteiger partial charge in [-0.15, -0.1) is 0 Å². The summed E-state index contributed by atoms with van der Waals surface area (Å²) >= 11 is 11.6. The molecule has 1 N–H and O–H groups in total. The molecule has 21 heavy (non-hydrogen) atoms. The summed E-state index contributed by atoms with van der Waals surface area (Å²) in [5, 5.41) is 0.880. The van der Waals surface area contributed by atoms with Crippen LogP contribution in [0.1, 0.15) is 12.5 Å². The van der Waals surface area contributed by atoms with Gasteiger partial charge in [0.1, 0.15) is 10.0 Å². The molecule has 0 aliphatic carbocycles. The first-order valence-electron chi connectivity index (χ1n) is 6.25. The molecule has 0 radical (unpaired) electrons. The zero-order valence-corrected chi connectivity index (χ0v) is 13.6. The average Bonchev–Trinajstić information content (AvgIpc) is 2.38. The predicted octanol–water partition coefficient (Wildman–Crippen LogP) is 3.30. The largest absolute Gasteiger partial charge is 0.243 e. The summed E-state index contributed by atoms with van der Waals surface area (Å²) < 4.78 is 27.0. The van der Waals surface area contributed by atoms with E-state index in [1.54, 1.807) is 13.0 Å². The van der Waals surface area contributed by atoms with Crippen molar-refractivity contribution < 1.29 is 8.42 Å². The average molecular weight is 345 g/mol. The number of hydrogen-bond acceptors (Lipinski definition) is 3. The van der Waals surface area contributed by atoms with Crippen LogP contribution in [0.5, 0.6) is 0 Å². The molecule has 0 aliphatic heterocycles. The minimum atomic E-state index is -3.61. The number of rotatable bonds is 5. The van der Waals surface area contributed by atoms with E-state index in [2.05, 4.69) is 9.71 Å². The van der Waals surface area contributed by atoms with Crippen molar-refractivity contribution in [2.75, 3.05) is 0 Å². The Morgan fingerprint density at radius 3 is 2.62 bits per heavy atom. The lowest BCUT2D eigenvalue weighted by molar-refractivity contribution is 0.559. The van der Waals surface area contributed by atoms with Crippen molar-refractivity contribution in [2.45, 2.75) is 24.3 Å². The van der Waals surface area contributed by atoms with Gasteiger partial charge in [-0.1, -0.05) is 35.3 Å². The number of nitrogens with one attached hydrogen (secondary N) is 1. The Balaban J connectivity index is 2.07. The van der Waals surface area contributed by atoms with Crippen LogP contribution < -0.4 is 4.72 Å². The second kappa shape index (κ2) is 6.75. The molecule has 4 nitrogen and oxygen atoms in total. The second-order valence-electron chi connectivity index (χ2n) is 4.67. The number of pyridine rings is 1. The number of sulfonamides is 1. The van der Waals surface area contributed by atoms with Gasteiger partial charge in [0.2, 0.25) is 10.0 Å². The van der Waals surface area contributed by atoms with Crippen LogP contribution in [0.2, 0.25) is 10.2 Å². The minimum Gasteiger partial charge on any atom is -0.243 e. The highest BCUT2D eigenvalue weighted by Gasteiger charge is 2.18. The van der Waals surface area contributed by atoms with Gasteiger partial charge in [-0.25, -0.2) is 18.1 Å². The van der Waals surface area contributed by atoms with Crippen molar-refractivity contribution in [2.24, 2.45) is 0 Å². The molecular weight excluding hydrogens is 331 g/mol. The third-order valence-corrected chi connectivity index (χ3v) is 4.83. The van der Waals surface area contributed by atoms with Crippen LogP contribution in [0.15, 0.2) is 47.5 Å². The monoisotopic (exact) mass is 344 g/mol. The predicted molar refractivity (Wildman–Crippen MR) is 84.2 cm³/mol. The highest BCUT2D eigenvalue weighted by Crippen LogP contribution is 2.14. The van der Waals surface area contributed by atoms with E-state index in [9.17, 15) is 8.42 Å². The minimum absolute atomic E-state index is 0.0878. The zero-order valence-electron chi connectivity index (χ0n) is 11.3. The molecule has 112 valence electrons. The van der Waals surface area contributed by atoms with Crippen molar-refractivity contribution >= 4 is 33.2 Å². The summed E-state index contributed by atoms with van der Waals surface area (Å²) in [6.07, 6.45) is 1.78. The first kappa shape index (κ1) is 16.2. The van der Waals surface area contributed by atoms with E-state index in [4.69, 9.17) is 23.2 Å². The molecule has 0 bridgehead atoms. The van der Waals surface area contributed by atoms with Crippen LogP contribution in [0.25, 0.3) is 0 Å². The van der Waals surface area contributed by atoms with E-state index >= 15 is 0 Å². The van der Waals surface area contributed by atoms with Crippen LogP contribution in [-0.2, 0) is 16.4 Å². The van der Waals surface area contributed by atoms with E-state index in [1.165, 1.54) is 18.3 Å². The quantitative estimate of drug-likeness (QED) is 0.846. The Hall–Kier alpha value is -1.14. The van der Waals surface area contributed by atoms with Crippen LogP contribution in [0.3, 0.4) is 0 Å². The van der Waals surface area contributed by atoms with Crippen molar-refractivity contribution in [3.8, 4) is 0 Å². The summed E-state index contributed by atoms with van der Waals surface area (Å²) in [6, 6.07) is 9.92. The Morgan fingerprint density at radius 2 is 2.00 bits per heavy atom. The molecule has 0 amide bonds. The topological polar surface area (TPSA) is 59.1 Å². The Bertz CT molecular complexity index is 718. The zero-order chi connectivity index (χ0) is 15.5. The maximum atomic E-state index is 12.2. The first-order valence-corrected chi connectivity index (χ1v) is 8.49. The normalized spacial score (nSPS) is 13.1. The Kier molecular flexibility index (Phi) is 5.22. The molecule has 1 heterocycles. The van der Waals surface area contributed by atoms with Gasteiger partial charge < -0.3 is 0 Å². The molecule has 7 heteroatoms. The summed E-state index contributed by atoms with van der Waals surface area (Å²) in [5.74, 6) is 0. The molecule has 2 aromatic rings. The van der Waals surface area contributed by atoms with E-state index in [1.807, 2.05) is 18.2 Å². The van der Waals surface area contributed by atoms with Crippen LogP contribution in [0, 0.1) is 0 Å². The van der Waals surface area contributed by atoms with Gasteiger partial charge in [0.05, 0.1) is 0 Å². The van der Waals surface area contributed by atoms with Crippen LogP contribution >= 0.6 is 23.2 Å². The fraction of sp³-hybridized carbons (Fsp3) is 0.214. The SMILES string of the molecule is CC(Cc1cccc(Cl)c1)NS(=O)(=O)c1ccc(Cl)nc1. The van der Waals surface area contributed by atoms with Crippen molar-refractivity contribution in [1.82, 2.24) is 9.71 Å². The highest BCUT2D eigenvalue weighted by atomic mass is 35.5. The fourth-order valence-electron chi connectivity index (χ4n) is 1.91. The van der Waals surface area contributed by atoms with E-state index in [-0.39, 0.29) is 16.1 Å². The molecule has 0 fully saturated rings. The van der Waals surface area contributed by atoms with Gasteiger partial charge in [-0.2, -0.15) is 0 Å². The highest BCUT2D eigenvalue weighted by molar-refractivity contribution is 7.89. The van der Waals surface area contributed by atoms with Gasteiger partial charge >= 0.3 is 0 Å². The molecule has 2 rings (SSSR count). The molecule has 0 spiro atoms. The molecule has 1 atom stereocenters. The lowest BCUT2D eigenvalue weighted by Crippen LogP contribution is -2.34. The van der Waals surface area contributed by atoms with Crippen molar-refractivity contribution in [3.05, 3.63) is 58.3 Å². The lowest BCUT2D eigenvalue weighted by Gasteiger charge is -2.14. The number of aromatic nitrogens is 1. The summed E-state index contributed by atoms with van der Waals surface area (Å²) in [4.78, 5) is 3.86. The number of hydrogen-bond donors (Lipinski definition) is 1. The number of halogens is 2. The molecule has 1 unspecified atom stereocenters. The molecule has 1 aromatic carbocycles. The van der Waals surface area contributed by atoms with E-state index in [0.717, 1.165) is 5.56 Å². The summed E-state index contributed by atoms with van der Waals surface area (Å²) in [7, 11) is -3.61. The molecule has 1 aromatic heterocycles. The Labute approximate surface area is 134 Å². The van der Waals surface area contributed by atoms with Gasteiger partial charge in [0, 0.05) is 17.3 Å². The third-order valence-electron chi connectivity index (χ3n) is 2.80. The maximum absolute atomic E-state index is 12.2. The standard InChI is InChI=1S/C14H14Cl2N2O2S/c1-10(7-11-3-2-4-12(15)8-11)18-21(19,20)13-5-6-14(16)17-9-13/h2-6,8-10,18H,7H2,1H3. The summed E-state index contributed by atoms with van der Waals surface area (Å²) in [6.45, 7) is 1.79. The summed E-state index contributed by atoms with van der Waals surface area (Å²) in [5.41, 5.74) is 0.965. The fourth-order valence-corrected chi connectivity index (χ4v) is 3.43. The van der Waals surface area contributed by atoms with Crippen LogP contribution in [-0.4, -0.2) is 19.4 Å². The molecule has 0 saturated heterocycles. The molecule has 0 saturated carbocycles. The first-order chi connectivity index (χ1) is 9.87. The third kappa shape index (κ3) is 4.68. The lowest BCUT2D eigenvalue weighted by atomic mass is 10.1. The maximum Gasteiger partial charge on any atom is 0.242 e. The van der Waals surface area contributed by atoms with Crippen molar-refractivity contribution in [3.63, 3.8) is 0 Å². The second-order valence-corrected chi connectivity index (χ2v) is 7.21. The number of nitrogens with zero attached hydrogens (tertiary/aromatic N) is 1. The molecule has 0 aliphatic rings. The van der Waals surface area contributed by atoms with Gasteiger partial charge in [0.25, 0.3) is 0 Å². The number of benzene rings is 1. The Morgan fingerprint density at radius 1 is 1.24 bits per heavy atom. The van der Waals surface area contributed by atoms with Gasteiger partial charge in [-0.3, -0.25) is 0 Å². The van der Waals surface area contributed by atoms with Crippen molar-refractivity contribution in [1.29, 1.82) is 0 Å². The van der Waals surface area contributed by atoms with Gasteiger partial charge in [0.15, 0.2) is 0 Å². The van der Waals surface area contributed by atoms with E-state index < -0.39 is 10.0 Å². The van der Waals surface area contributed by atoms with Gasteiger partial charge in [-0.05, 0) is 43.2 Å². The van der Waals surface area contributed by atoms with E-state index in [0.29, 0.717) is 11.4 Å². The van der Waals surface area contributed by atoms with Crippen LogP contribution in [0.4, 0.5) is 0 Å².